The Bertz CT molecular complexity index is 515. The Hall–Kier alpha value is -2.03. The molecule has 0 saturated carbocycles. The topological polar surface area (TPSA) is 42.2 Å². The minimum atomic E-state index is -0.0608. The van der Waals surface area contributed by atoms with Crippen molar-refractivity contribution in [2.45, 2.75) is 20.4 Å². The first-order valence-corrected chi connectivity index (χ1v) is 5.53. The Balaban J connectivity index is 2.02. The molecule has 1 amide bonds. The SMILES string of the molecule is Cc1ccc(C(=O)NCc2ccoc2)cc1C. The van der Waals surface area contributed by atoms with Gasteiger partial charge in [0.15, 0.2) is 0 Å². The maximum absolute atomic E-state index is 11.9. The molecule has 1 N–H and O–H groups in total. The molecule has 88 valence electrons. The van der Waals surface area contributed by atoms with Gasteiger partial charge >= 0.3 is 0 Å². The molecule has 3 nitrogen and oxygen atoms in total. The average Bonchev–Trinajstić information content (AvgIpc) is 2.82. The molecule has 0 bridgehead atoms. The first-order chi connectivity index (χ1) is 8.16. The highest BCUT2D eigenvalue weighted by atomic mass is 16.3. The summed E-state index contributed by atoms with van der Waals surface area (Å²) in [7, 11) is 0. The Morgan fingerprint density at radius 2 is 2.06 bits per heavy atom. The van der Waals surface area contributed by atoms with Crippen molar-refractivity contribution in [3.63, 3.8) is 0 Å². The maximum atomic E-state index is 11.9. The lowest BCUT2D eigenvalue weighted by Crippen LogP contribution is -2.22. The third kappa shape index (κ3) is 2.75. The number of carbonyl (C=O) groups is 1. The standard InChI is InChI=1S/C14H15NO2/c1-10-3-4-13(7-11(10)2)14(16)15-8-12-5-6-17-9-12/h3-7,9H,8H2,1-2H3,(H,15,16). The minimum Gasteiger partial charge on any atom is -0.472 e. The highest BCUT2D eigenvalue weighted by Gasteiger charge is 2.06. The van der Waals surface area contributed by atoms with Crippen molar-refractivity contribution >= 4 is 5.91 Å². The molecule has 0 unspecified atom stereocenters. The van der Waals surface area contributed by atoms with Gasteiger partial charge < -0.3 is 9.73 Å². The average molecular weight is 229 g/mol. The van der Waals surface area contributed by atoms with Gasteiger partial charge in [0.05, 0.1) is 12.5 Å². The first kappa shape index (κ1) is 11.5. The molecule has 0 spiro atoms. The van der Waals surface area contributed by atoms with Crippen LogP contribution < -0.4 is 5.32 Å². The van der Waals surface area contributed by atoms with Gasteiger partial charge in [-0.15, -0.1) is 0 Å². The molecule has 2 rings (SSSR count). The minimum absolute atomic E-state index is 0.0608. The van der Waals surface area contributed by atoms with Crippen molar-refractivity contribution in [2.75, 3.05) is 0 Å². The fraction of sp³-hybridized carbons (Fsp3) is 0.214. The zero-order chi connectivity index (χ0) is 12.3. The van der Waals surface area contributed by atoms with Gasteiger partial charge in [-0.2, -0.15) is 0 Å². The van der Waals surface area contributed by atoms with E-state index < -0.39 is 0 Å². The molecule has 1 aromatic carbocycles. The number of rotatable bonds is 3. The molecule has 3 heteroatoms. The molecule has 0 saturated heterocycles. The highest BCUT2D eigenvalue weighted by Crippen LogP contribution is 2.10. The van der Waals surface area contributed by atoms with Gasteiger partial charge in [0, 0.05) is 17.7 Å². The monoisotopic (exact) mass is 229 g/mol. The number of benzene rings is 1. The lowest BCUT2D eigenvalue weighted by molar-refractivity contribution is 0.0951. The van der Waals surface area contributed by atoms with Crippen LogP contribution in [-0.2, 0) is 6.54 Å². The summed E-state index contributed by atoms with van der Waals surface area (Å²) in [6, 6.07) is 7.54. The van der Waals surface area contributed by atoms with Gasteiger partial charge in [0.2, 0.25) is 0 Å². The summed E-state index contributed by atoms with van der Waals surface area (Å²) in [5, 5.41) is 2.85. The summed E-state index contributed by atoms with van der Waals surface area (Å²) in [6.45, 7) is 4.52. The Morgan fingerprint density at radius 1 is 1.24 bits per heavy atom. The van der Waals surface area contributed by atoms with Gasteiger partial charge in [0.25, 0.3) is 5.91 Å². The molecule has 0 fully saturated rings. The Labute approximate surface area is 100 Å². The van der Waals surface area contributed by atoms with Gasteiger partial charge in [-0.3, -0.25) is 4.79 Å². The highest BCUT2D eigenvalue weighted by molar-refractivity contribution is 5.94. The first-order valence-electron chi connectivity index (χ1n) is 5.53. The fourth-order valence-electron chi connectivity index (χ4n) is 1.56. The summed E-state index contributed by atoms with van der Waals surface area (Å²) in [4.78, 5) is 11.9. The van der Waals surface area contributed by atoms with Crippen LogP contribution >= 0.6 is 0 Å². The van der Waals surface area contributed by atoms with Crippen molar-refractivity contribution in [1.29, 1.82) is 0 Å². The quantitative estimate of drug-likeness (QED) is 0.879. The molecule has 0 aliphatic heterocycles. The zero-order valence-electron chi connectivity index (χ0n) is 9.99. The van der Waals surface area contributed by atoms with Crippen LogP contribution in [0.3, 0.4) is 0 Å². The van der Waals surface area contributed by atoms with Gasteiger partial charge in [0.1, 0.15) is 0 Å². The number of hydrogen-bond donors (Lipinski definition) is 1. The molecule has 1 heterocycles. The predicted octanol–water partition coefficient (Wildman–Crippen LogP) is 2.83. The molecule has 0 radical (unpaired) electrons. The smallest absolute Gasteiger partial charge is 0.251 e. The van der Waals surface area contributed by atoms with Gasteiger partial charge in [-0.05, 0) is 43.2 Å². The largest absolute Gasteiger partial charge is 0.472 e. The number of nitrogens with one attached hydrogen (secondary N) is 1. The third-order valence-electron chi connectivity index (χ3n) is 2.80. The van der Waals surface area contributed by atoms with Crippen molar-refractivity contribution in [3.05, 3.63) is 59.0 Å². The van der Waals surface area contributed by atoms with E-state index >= 15 is 0 Å². The van der Waals surface area contributed by atoms with E-state index in [1.165, 1.54) is 5.56 Å². The molecule has 0 atom stereocenters. The zero-order valence-corrected chi connectivity index (χ0v) is 9.99. The predicted molar refractivity (Wildman–Crippen MR) is 65.8 cm³/mol. The summed E-state index contributed by atoms with van der Waals surface area (Å²) in [6.07, 6.45) is 3.22. The van der Waals surface area contributed by atoms with Crippen LogP contribution in [0.4, 0.5) is 0 Å². The van der Waals surface area contributed by atoms with Gasteiger partial charge in [-0.25, -0.2) is 0 Å². The van der Waals surface area contributed by atoms with Crippen LogP contribution in [-0.4, -0.2) is 5.91 Å². The van der Waals surface area contributed by atoms with E-state index in [4.69, 9.17) is 4.42 Å². The normalized spacial score (nSPS) is 10.2. The number of amides is 1. The lowest BCUT2D eigenvalue weighted by atomic mass is 10.1. The van der Waals surface area contributed by atoms with Crippen molar-refractivity contribution in [3.8, 4) is 0 Å². The molecule has 1 aromatic heterocycles. The fourth-order valence-corrected chi connectivity index (χ4v) is 1.56. The third-order valence-corrected chi connectivity index (χ3v) is 2.80. The summed E-state index contributed by atoms with van der Waals surface area (Å²) >= 11 is 0. The van der Waals surface area contributed by atoms with Crippen LogP contribution in [0.25, 0.3) is 0 Å². The number of furan rings is 1. The summed E-state index contributed by atoms with van der Waals surface area (Å²) < 4.78 is 4.94. The van der Waals surface area contributed by atoms with E-state index in [1.807, 2.05) is 38.1 Å². The maximum Gasteiger partial charge on any atom is 0.251 e. The van der Waals surface area contributed by atoms with E-state index in [0.717, 1.165) is 11.1 Å². The van der Waals surface area contributed by atoms with Crippen LogP contribution in [0.15, 0.2) is 41.2 Å². The number of hydrogen-bond acceptors (Lipinski definition) is 2. The molecular weight excluding hydrogens is 214 g/mol. The van der Waals surface area contributed by atoms with E-state index in [-0.39, 0.29) is 5.91 Å². The second-order valence-electron chi connectivity index (χ2n) is 4.11. The summed E-state index contributed by atoms with van der Waals surface area (Å²) in [5.74, 6) is -0.0608. The second kappa shape index (κ2) is 4.87. The lowest BCUT2D eigenvalue weighted by Gasteiger charge is -2.06. The molecule has 2 aromatic rings. The summed E-state index contributed by atoms with van der Waals surface area (Å²) in [5.41, 5.74) is 3.97. The van der Waals surface area contributed by atoms with Crippen LogP contribution in [0.5, 0.6) is 0 Å². The van der Waals surface area contributed by atoms with Crippen molar-refractivity contribution in [2.24, 2.45) is 0 Å². The van der Waals surface area contributed by atoms with Gasteiger partial charge in [-0.1, -0.05) is 6.07 Å². The number of aryl methyl sites for hydroxylation is 2. The van der Waals surface area contributed by atoms with E-state index in [2.05, 4.69) is 5.32 Å². The second-order valence-corrected chi connectivity index (χ2v) is 4.11. The molecule has 0 aliphatic rings. The number of carbonyl (C=O) groups excluding carboxylic acids is 1. The Kier molecular flexibility index (Phi) is 3.28. The van der Waals surface area contributed by atoms with Crippen LogP contribution in [0.2, 0.25) is 0 Å². The van der Waals surface area contributed by atoms with Crippen molar-refractivity contribution < 1.29 is 9.21 Å². The van der Waals surface area contributed by atoms with Crippen LogP contribution in [0.1, 0.15) is 27.0 Å². The van der Waals surface area contributed by atoms with Crippen molar-refractivity contribution in [1.82, 2.24) is 5.32 Å². The molecular formula is C14H15NO2. The molecule has 0 aliphatic carbocycles. The van der Waals surface area contributed by atoms with E-state index in [1.54, 1.807) is 12.5 Å². The Morgan fingerprint density at radius 3 is 2.71 bits per heavy atom. The molecule has 17 heavy (non-hydrogen) atoms. The van der Waals surface area contributed by atoms with E-state index in [0.29, 0.717) is 12.1 Å². The van der Waals surface area contributed by atoms with E-state index in [9.17, 15) is 4.79 Å². The van der Waals surface area contributed by atoms with Crippen LogP contribution in [0, 0.1) is 13.8 Å².